The number of carbonyl (C=O) groups excluding carboxylic acids is 1. The van der Waals surface area contributed by atoms with Crippen LogP contribution in [-0.4, -0.2) is 35.0 Å². The predicted molar refractivity (Wildman–Crippen MR) is 109 cm³/mol. The number of nitrogens with zero attached hydrogens (tertiary/aromatic N) is 2. The lowest BCUT2D eigenvalue weighted by molar-refractivity contribution is -0.139. The molecule has 146 valence electrons. The number of hydrogen-bond acceptors (Lipinski definition) is 4. The molecule has 2 heterocycles. The minimum absolute atomic E-state index is 0.0372. The number of ether oxygens (including phenoxy) is 1. The van der Waals surface area contributed by atoms with Crippen molar-refractivity contribution in [3.63, 3.8) is 0 Å². The van der Waals surface area contributed by atoms with Crippen LogP contribution >= 0.6 is 0 Å². The van der Waals surface area contributed by atoms with Gasteiger partial charge in [-0.05, 0) is 69.0 Å². The number of fused-ring (bicyclic) bond motifs is 1. The van der Waals surface area contributed by atoms with Crippen molar-refractivity contribution in [1.82, 2.24) is 9.88 Å². The van der Waals surface area contributed by atoms with Crippen LogP contribution in [0.2, 0.25) is 0 Å². The Kier molecular flexibility index (Phi) is 5.07. The molecule has 4 rings (SSSR count). The zero-order valence-corrected chi connectivity index (χ0v) is 16.6. The number of aryl methyl sites for hydroxylation is 2. The van der Waals surface area contributed by atoms with Gasteiger partial charge in [0.25, 0.3) is 5.91 Å². The Morgan fingerprint density at radius 1 is 1.14 bits per heavy atom. The number of para-hydroxylation sites is 2. The Morgan fingerprint density at radius 2 is 1.82 bits per heavy atom. The highest BCUT2D eigenvalue weighted by molar-refractivity contribution is 5.81. The third-order valence-corrected chi connectivity index (χ3v) is 5.32. The van der Waals surface area contributed by atoms with Crippen molar-refractivity contribution in [1.29, 1.82) is 0 Å². The molecule has 0 radical (unpaired) electrons. The van der Waals surface area contributed by atoms with Gasteiger partial charge in [-0.15, -0.1) is 0 Å². The maximum Gasteiger partial charge on any atom is 0.263 e. The standard InChI is InChI=1S/C23H26N2O3/c1-15-12-16(2)14-19(13-15)27-17(3)23(26)25-10-8-18(9-11-25)22-24-20-6-4-5-7-21(20)28-22/h4-7,12-14,17-18H,8-11H2,1-3H3/t17-/m1/s1. The Balaban J connectivity index is 1.36. The first-order valence-electron chi connectivity index (χ1n) is 9.89. The lowest BCUT2D eigenvalue weighted by Gasteiger charge is -2.32. The Hall–Kier alpha value is -2.82. The number of oxazole rings is 1. The predicted octanol–water partition coefficient (Wildman–Crippen LogP) is 4.62. The van der Waals surface area contributed by atoms with E-state index in [0.717, 1.165) is 46.7 Å². The molecular weight excluding hydrogens is 352 g/mol. The smallest absolute Gasteiger partial charge is 0.263 e. The summed E-state index contributed by atoms with van der Waals surface area (Å²) in [5.41, 5.74) is 3.99. The lowest BCUT2D eigenvalue weighted by Crippen LogP contribution is -2.44. The van der Waals surface area contributed by atoms with Gasteiger partial charge >= 0.3 is 0 Å². The molecule has 1 aromatic heterocycles. The summed E-state index contributed by atoms with van der Waals surface area (Å²) in [6.07, 6.45) is 1.21. The van der Waals surface area contributed by atoms with E-state index in [9.17, 15) is 4.79 Å². The second-order valence-electron chi connectivity index (χ2n) is 7.70. The van der Waals surface area contributed by atoms with E-state index in [0.29, 0.717) is 13.1 Å². The molecule has 1 fully saturated rings. The zero-order valence-electron chi connectivity index (χ0n) is 16.6. The summed E-state index contributed by atoms with van der Waals surface area (Å²) in [5.74, 6) is 1.83. The highest BCUT2D eigenvalue weighted by Crippen LogP contribution is 2.30. The minimum atomic E-state index is -0.498. The topological polar surface area (TPSA) is 55.6 Å². The first kappa shape index (κ1) is 18.5. The second kappa shape index (κ2) is 7.66. The van der Waals surface area contributed by atoms with Crippen molar-refractivity contribution >= 4 is 17.0 Å². The molecule has 1 aliphatic heterocycles. The van der Waals surface area contributed by atoms with Crippen LogP contribution in [0, 0.1) is 13.8 Å². The van der Waals surface area contributed by atoms with Crippen molar-refractivity contribution in [2.45, 2.75) is 45.6 Å². The molecule has 1 atom stereocenters. The number of piperidine rings is 1. The van der Waals surface area contributed by atoms with Gasteiger partial charge in [-0.3, -0.25) is 4.79 Å². The molecule has 5 nitrogen and oxygen atoms in total. The second-order valence-corrected chi connectivity index (χ2v) is 7.70. The van der Waals surface area contributed by atoms with Crippen LogP contribution in [0.4, 0.5) is 0 Å². The van der Waals surface area contributed by atoms with Gasteiger partial charge in [-0.2, -0.15) is 0 Å². The van der Waals surface area contributed by atoms with Crippen molar-refractivity contribution in [3.05, 3.63) is 59.5 Å². The number of amides is 1. The van der Waals surface area contributed by atoms with Crippen LogP contribution in [0.3, 0.4) is 0 Å². The van der Waals surface area contributed by atoms with Crippen LogP contribution in [0.5, 0.6) is 5.75 Å². The number of rotatable bonds is 4. The summed E-state index contributed by atoms with van der Waals surface area (Å²) >= 11 is 0. The van der Waals surface area contributed by atoms with Crippen molar-refractivity contribution in [2.24, 2.45) is 0 Å². The van der Waals surface area contributed by atoms with Gasteiger partial charge in [0.2, 0.25) is 0 Å². The van der Waals surface area contributed by atoms with E-state index in [2.05, 4.69) is 11.1 Å². The van der Waals surface area contributed by atoms with Gasteiger partial charge < -0.3 is 14.1 Å². The van der Waals surface area contributed by atoms with E-state index in [1.165, 1.54) is 0 Å². The largest absolute Gasteiger partial charge is 0.481 e. The minimum Gasteiger partial charge on any atom is -0.481 e. The molecule has 0 spiro atoms. The quantitative estimate of drug-likeness (QED) is 0.665. The van der Waals surface area contributed by atoms with Crippen LogP contribution in [0.1, 0.15) is 42.7 Å². The molecule has 3 aromatic rings. The maximum absolute atomic E-state index is 12.8. The number of hydrogen-bond donors (Lipinski definition) is 0. The van der Waals surface area contributed by atoms with E-state index in [1.54, 1.807) is 0 Å². The van der Waals surface area contributed by atoms with Crippen molar-refractivity contribution in [2.75, 3.05) is 13.1 Å². The van der Waals surface area contributed by atoms with Crippen LogP contribution in [-0.2, 0) is 4.79 Å². The monoisotopic (exact) mass is 378 g/mol. The average Bonchev–Trinajstić information content (AvgIpc) is 3.11. The Morgan fingerprint density at radius 3 is 2.50 bits per heavy atom. The third-order valence-electron chi connectivity index (χ3n) is 5.32. The first-order valence-corrected chi connectivity index (χ1v) is 9.89. The van der Waals surface area contributed by atoms with E-state index in [-0.39, 0.29) is 11.8 Å². The molecule has 1 saturated heterocycles. The molecule has 0 N–H and O–H groups in total. The van der Waals surface area contributed by atoms with Gasteiger partial charge in [0.05, 0.1) is 0 Å². The lowest BCUT2D eigenvalue weighted by atomic mass is 9.96. The Labute approximate surface area is 165 Å². The average molecular weight is 378 g/mol. The third kappa shape index (κ3) is 3.88. The summed E-state index contributed by atoms with van der Waals surface area (Å²) in [4.78, 5) is 19.3. The maximum atomic E-state index is 12.8. The fraction of sp³-hybridized carbons (Fsp3) is 0.391. The molecule has 0 saturated carbocycles. The summed E-state index contributed by atoms with van der Waals surface area (Å²) in [6, 6.07) is 13.9. The highest BCUT2D eigenvalue weighted by Gasteiger charge is 2.29. The van der Waals surface area contributed by atoms with Crippen LogP contribution < -0.4 is 4.74 Å². The van der Waals surface area contributed by atoms with Crippen molar-refractivity contribution in [3.8, 4) is 5.75 Å². The number of aromatic nitrogens is 1. The molecule has 5 heteroatoms. The van der Waals surface area contributed by atoms with E-state index < -0.39 is 6.10 Å². The number of likely N-dealkylation sites (tertiary alicyclic amines) is 1. The van der Waals surface area contributed by atoms with Gasteiger partial charge in [0.15, 0.2) is 17.6 Å². The highest BCUT2D eigenvalue weighted by atomic mass is 16.5. The summed E-state index contributed by atoms with van der Waals surface area (Å²) in [5, 5.41) is 0. The van der Waals surface area contributed by atoms with Gasteiger partial charge in [-0.1, -0.05) is 18.2 Å². The van der Waals surface area contributed by atoms with Gasteiger partial charge in [0.1, 0.15) is 11.3 Å². The molecule has 0 aliphatic carbocycles. The number of carbonyl (C=O) groups is 1. The van der Waals surface area contributed by atoms with Gasteiger partial charge in [0, 0.05) is 19.0 Å². The summed E-state index contributed by atoms with van der Waals surface area (Å²) in [7, 11) is 0. The molecule has 0 bridgehead atoms. The normalized spacial score (nSPS) is 16.3. The van der Waals surface area contributed by atoms with Crippen LogP contribution in [0.25, 0.3) is 11.1 Å². The van der Waals surface area contributed by atoms with E-state index in [1.807, 2.05) is 62.1 Å². The molecular formula is C23H26N2O3. The summed E-state index contributed by atoms with van der Waals surface area (Å²) in [6.45, 7) is 7.28. The summed E-state index contributed by atoms with van der Waals surface area (Å²) < 4.78 is 11.8. The SMILES string of the molecule is Cc1cc(C)cc(O[C@H](C)C(=O)N2CCC(c3nc4ccccc4o3)CC2)c1. The van der Waals surface area contributed by atoms with Gasteiger partial charge in [-0.25, -0.2) is 4.98 Å². The molecule has 1 aliphatic rings. The fourth-order valence-electron chi connectivity index (χ4n) is 3.92. The molecule has 28 heavy (non-hydrogen) atoms. The molecule has 0 unspecified atom stereocenters. The van der Waals surface area contributed by atoms with Crippen LogP contribution in [0.15, 0.2) is 46.9 Å². The first-order chi connectivity index (χ1) is 13.5. The van der Waals surface area contributed by atoms with E-state index >= 15 is 0 Å². The van der Waals surface area contributed by atoms with E-state index in [4.69, 9.17) is 9.15 Å². The van der Waals surface area contributed by atoms with Crippen molar-refractivity contribution < 1.29 is 13.9 Å². The Bertz CT molecular complexity index is 933. The fourth-order valence-corrected chi connectivity index (χ4v) is 3.92. The molecule has 1 amide bonds. The molecule has 2 aromatic carbocycles. The number of benzene rings is 2. The zero-order chi connectivity index (χ0) is 19.7.